The summed E-state index contributed by atoms with van der Waals surface area (Å²) < 4.78 is 5.30. The number of benzene rings is 1. The van der Waals surface area contributed by atoms with Gasteiger partial charge in [0.15, 0.2) is 6.10 Å². The predicted octanol–water partition coefficient (Wildman–Crippen LogP) is 3.68. The number of nitrogens with zero attached hydrogens (tertiary/aromatic N) is 1. The van der Waals surface area contributed by atoms with Gasteiger partial charge in [-0.1, -0.05) is 6.07 Å². The van der Waals surface area contributed by atoms with Gasteiger partial charge >= 0.3 is 5.97 Å². The number of nitriles is 1. The van der Waals surface area contributed by atoms with Crippen LogP contribution < -0.4 is 5.32 Å². The van der Waals surface area contributed by atoms with E-state index in [9.17, 15) is 9.59 Å². The van der Waals surface area contributed by atoms with Gasteiger partial charge in [0.2, 0.25) is 0 Å². The Balaban J connectivity index is 1.61. The first-order valence-corrected chi connectivity index (χ1v) is 9.02. The number of nitrogens with one attached hydrogen (secondary N) is 1. The average Bonchev–Trinajstić information content (AvgIpc) is 3.06. The topological polar surface area (TPSA) is 79.2 Å². The molecular weight excluding hydrogens is 336 g/mol. The van der Waals surface area contributed by atoms with Gasteiger partial charge in [-0.15, -0.1) is 11.3 Å². The Morgan fingerprint density at radius 2 is 2.08 bits per heavy atom. The molecule has 0 saturated carbocycles. The highest BCUT2D eigenvalue weighted by atomic mass is 32.1. The lowest BCUT2D eigenvalue weighted by molar-refractivity contribution is -0.123. The molecule has 1 aliphatic carbocycles. The van der Waals surface area contributed by atoms with Crippen LogP contribution in [0.25, 0.3) is 0 Å². The van der Waals surface area contributed by atoms with Gasteiger partial charge in [0.05, 0.1) is 11.6 Å². The fourth-order valence-electron chi connectivity index (χ4n) is 2.77. The molecule has 0 fully saturated rings. The highest BCUT2D eigenvalue weighted by Crippen LogP contribution is 2.30. The highest BCUT2D eigenvalue weighted by Gasteiger charge is 2.22. The number of amides is 1. The summed E-state index contributed by atoms with van der Waals surface area (Å²) in [7, 11) is 0. The Morgan fingerprint density at radius 1 is 1.28 bits per heavy atom. The van der Waals surface area contributed by atoms with Crippen LogP contribution in [0.4, 0.5) is 5.69 Å². The van der Waals surface area contributed by atoms with Gasteiger partial charge in [0.25, 0.3) is 5.91 Å². The van der Waals surface area contributed by atoms with Crippen LogP contribution in [0.15, 0.2) is 30.3 Å². The maximum Gasteiger partial charge on any atom is 0.349 e. The number of ether oxygens (including phenoxy) is 1. The van der Waals surface area contributed by atoms with Crippen molar-refractivity contribution in [3.8, 4) is 6.07 Å². The summed E-state index contributed by atoms with van der Waals surface area (Å²) in [5.74, 6) is -0.891. The molecule has 1 atom stereocenters. The lowest BCUT2D eigenvalue weighted by Gasteiger charge is -2.13. The third kappa shape index (κ3) is 4.06. The molecule has 1 heterocycles. The number of thiophene rings is 1. The van der Waals surface area contributed by atoms with Gasteiger partial charge in [0.1, 0.15) is 4.88 Å². The molecule has 1 N–H and O–H groups in total. The van der Waals surface area contributed by atoms with E-state index < -0.39 is 18.0 Å². The highest BCUT2D eigenvalue weighted by molar-refractivity contribution is 7.14. The Hall–Kier alpha value is -2.65. The summed E-state index contributed by atoms with van der Waals surface area (Å²) in [6, 6.07) is 10.5. The van der Waals surface area contributed by atoms with Crippen LogP contribution in [0.5, 0.6) is 0 Å². The normalized spacial score (nSPS) is 14.1. The molecule has 0 saturated heterocycles. The van der Waals surface area contributed by atoms with Crippen LogP contribution in [0.3, 0.4) is 0 Å². The van der Waals surface area contributed by atoms with E-state index in [0.717, 1.165) is 25.7 Å². The van der Waals surface area contributed by atoms with E-state index in [1.807, 2.05) is 12.1 Å². The van der Waals surface area contributed by atoms with Gasteiger partial charge < -0.3 is 10.1 Å². The molecule has 2 aromatic rings. The number of carbonyl (C=O) groups is 2. The molecule has 0 unspecified atom stereocenters. The SMILES string of the molecule is C[C@@H](OC(=O)c1cc2c(s1)CCCC2)C(=O)Nc1cccc(C#N)c1. The minimum Gasteiger partial charge on any atom is -0.448 e. The second-order valence-electron chi connectivity index (χ2n) is 6.00. The van der Waals surface area contributed by atoms with Crippen LogP contribution in [-0.4, -0.2) is 18.0 Å². The molecule has 25 heavy (non-hydrogen) atoms. The fourth-order valence-corrected chi connectivity index (χ4v) is 3.91. The maximum atomic E-state index is 12.3. The lowest BCUT2D eigenvalue weighted by Crippen LogP contribution is -2.29. The van der Waals surface area contributed by atoms with Crippen molar-refractivity contribution in [1.82, 2.24) is 0 Å². The van der Waals surface area contributed by atoms with Crippen LogP contribution in [-0.2, 0) is 22.4 Å². The summed E-state index contributed by atoms with van der Waals surface area (Å²) in [6.07, 6.45) is 3.40. The van der Waals surface area contributed by atoms with Crippen LogP contribution in [0.2, 0.25) is 0 Å². The van der Waals surface area contributed by atoms with Crippen LogP contribution in [0.1, 0.15) is 45.4 Å². The molecule has 128 valence electrons. The van der Waals surface area contributed by atoms with Crippen molar-refractivity contribution < 1.29 is 14.3 Å². The van der Waals surface area contributed by atoms with Crippen LogP contribution in [0, 0.1) is 11.3 Å². The molecule has 1 aromatic carbocycles. The summed E-state index contributed by atoms with van der Waals surface area (Å²) in [4.78, 5) is 26.3. The van der Waals surface area contributed by atoms with Gasteiger partial charge in [-0.25, -0.2) is 4.79 Å². The molecule has 0 aliphatic heterocycles. The first-order valence-electron chi connectivity index (χ1n) is 8.20. The molecule has 0 bridgehead atoms. The molecule has 1 aromatic heterocycles. The van der Waals surface area contributed by atoms with Gasteiger partial charge in [-0.3, -0.25) is 4.79 Å². The van der Waals surface area contributed by atoms with E-state index in [1.165, 1.54) is 28.7 Å². The van der Waals surface area contributed by atoms with Crippen molar-refractivity contribution in [1.29, 1.82) is 5.26 Å². The largest absolute Gasteiger partial charge is 0.448 e. The zero-order chi connectivity index (χ0) is 17.8. The first-order chi connectivity index (χ1) is 12.1. The van der Waals surface area contributed by atoms with E-state index in [-0.39, 0.29) is 0 Å². The molecule has 5 nitrogen and oxygen atoms in total. The first kappa shape index (κ1) is 17.2. The Bertz CT molecular complexity index is 827. The maximum absolute atomic E-state index is 12.3. The van der Waals surface area contributed by atoms with Crippen molar-refractivity contribution in [2.75, 3.05) is 5.32 Å². The van der Waals surface area contributed by atoms with E-state index >= 15 is 0 Å². The smallest absolute Gasteiger partial charge is 0.349 e. The van der Waals surface area contributed by atoms with Crippen LogP contribution >= 0.6 is 11.3 Å². The van der Waals surface area contributed by atoms with Crippen molar-refractivity contribution in [2.45, 2.75) is 38.7 Å². The predicted molar refractivity (Wildman–Crippen MR) is 95.6 cm³/mol. The summed E-state index contributed by atoms with van der Waals surface area (Å²) >= 11 is 1.46. The molecule has 6 heteroatoms. The van der Waals surface area contributed by atoms with Crippen molar-refractivity contribution >= 4 is 28.9 Å². The molecule has 0 radical (unpaired) electrons. The van der Waals surface area contributed by atoms with Crippen molar-refractivity contribution in [3.63, 3.8) is 0 Å². The fraction of sp³-hybridized carbons (Fsp3) is 0.316. The second-order valence-corrected chi connectivity index (χ2v) is 7.13. The van der Waals surface area contributed by atoms with E-state index in [4.69, 9.17) is 10.00 Å². The van der Waals surface area contributed by atoms with E-state index in [1.54, 1.807) is 24.3 Å². The minimum absolute atomic E-state index is 0.426. The number of hydrogen-bond acceptors (Lipinski definition) is 5. The number of fused-ring (bicyclic) bond motifs is 1. The lowest BCUT2D eigenvalue weighted by atomic mass is 9.99. The summed E-state index contributed by atoms with van der Waals surface area (Å²) in [5.41, 5.74) is 2.18. The molecule has 3 rings (SSSR count). The van der Waals surface area contributed by atoms with Crippen molar-refractivity contribution in [3.05, 3.63) is 51.2 Å². The molecule has 1 aliphatic rings. The standard InChI is InChI=1S/C19H18N2O3S/c1-12(18(22)21-15-7-4-5-13(9-15)11-20)24-19(23)17-10-14-6-2-3-8-16(14)25-17/h4-5,7,9-10,12H,2-3,6,8H2,1H3,(H,21,22)/t12-/m1/s1. The van der Waals surface area contributed by atoms with Gasteiger partial charge in [-0.05, 0) is 62.4 Å². The van der Waals surface area contributed by atoms with E-state index in [0.29, 0.717) is 16.1 Å². The third-order valence-electron chi connectivity index (χ3n) is 4.11. The number of esters is 1. The Labute approximate surface area is 150 Å². The number of aryl methyl sites for hydroxylation is 2. The minimum atomic E-state index is -0.919. The number of carbonyl (C=O) groups excluding carboxylic acids is 2. The van der Waals surface area contributed by atoms with Crippen molar-refractivity contribution in [2.24, 2.45) is 0 Å². The monoisotopic (exact) mass is 354 g/mol. The Morgan fingerprint density at radius 3 is 2.84 bits per heavy atom. The molecule has 1 amide bonds. The van der Waals surface area contributed by atoms with Gasteiger partial charge in [-0.2, -0.15) is 5.26 Å². The summed E-state index contributed by atoms with van der Waals surface area (Å²) in [6.45, 7) is 1.54. The number of anilines is 1. The molecular formula is C19H18N2O3S. The quantitative estimate of drug-likeness (QED) is 0.850. The zero-order valence-electron chi connectivity index (χ0n) is 13.9. The number of hydrogen-bond donors (Lipinski definition) is 1. The third-order valence-corrected chi connectivity index (χ3v) is 5.33. The zero-order valence-corrected chi connectivity index (χ0v) is 14.7. The van der Waals surface area contributed by atoms with Gasteiger partial charge in [0, 0.05) is 10.6 Å². The average molecular weight is 354 g/mol. The Kier molecular flexibility index (Phi) is 5.15. The van der Waals surface area contributed by atoms with E-state index in [2.05, 4.69) is 5.32 Å². The summed E-state index contributed by atoms with van der Waals surface area (Å²) in [5, 5.41) is 11.5. The molecule has 0 spiro atoms. The number of rotatable bonds is 4. The second kappa shape index (κ2) is 7.49.